The van der Waals surface area contributed by atoms with Crippen molar-refractivity contribution < 1.29 is 14.3 Å². The van der Waals surface area contributed by atoms with E-state index in [9.17, 15) is 9.59 Å². The fourth-order valence-corrected chi connectivity index (χ4v) is 4.07. The third kappa shape index (κ3) is 5.70. The van der Waals surface area contributed by atoms with E-state index in [1.165, 1.54) is 0 Å². The Morgan fingerprint density at radius 2 is 1.69 bits per heavy atom. The van der Waals surface area contributed by atoms with Gasteiger partial charge in [-0.3, -0.25) is 10.2 Å². The molecular weight excluding hydrogens is 487 g/mol. The predicted molar refractivity (Wildman–Crippen MR) is 137 cm³/mol. The van der Waals surface area contributed by atoms with Gasteiger partial charge in [-0.1, -0.05) is 71.7 Å². The normalized spacial score (nSPS) is 17.3. The summed E-state index contributed by atoms with van der Waals surface area (Å²) in [6.45, 7) is 1.98. The highest BCUT2D eigenvalue weighted by Gasteiger charge is 2.41. The molecule has 4 rings (SSSR count). The summed E-state index contributed by atoms with van der Waals surface area (Å²) < 4.78 is 5.28. The van der Waals surface area contributed by atoms with Crippen LogP contribution in [0.4, 0.5) is 0 Å². The second kappa shape index (κ2) is 11.2. The van der Waals surface area contributed by atoms with E-state index in [2.05, 4.69) is 21.1 Å². The Kier molecular flexibility index (Phi) is 7.80. The number of rotatable bonds is 7. The second-order valence-corrected chi connectivity index (χ2v) is 8.54. The van der Waals surface area contributed by atoms with Gasteiger partial charge in [0.25, 0.3) is 5.91 Å². The number of hydrogen-bond acceptors (Lipinski definition) is 6. The van der Waals surface area contributed by atoms with Crippen molar-refractivity contribution in [3.05, 3.63) is 106 Å². The van der Waals surface area contributed by atoms with E-state index in [0.717, 1.165) is 5.56 Å². The zero-order valence-corrected chi connectivity index (χ0v) is 20.3. The molecule has 2 unspecified atom stereocenters. The molecule has 0 saturated heterocycles. The maximum absolute atomic E-state index is 12.8. The number of ether oxygens (including phenoxy) is 1. The van der Waals surface area contributed by atoms with Crippen molar-refractivity contribution in [3.8, 4) is 0 Å². The fraction of sp³-hybridized carbons (Fsp3) is 0.154. The Balaban J connectivity index is 1.74. The van der Waals surface area contributed by atoms with Gasteiger partial charge in [0.15, 0.2) is 6.04 Å². The lowest BCUT2D eigenvalue weighted by atomic mass is 9.85. The Morgan fingerprint density at radius 1 is 0.971 bits per heavy atom. The van der Waals surface area contributed by atoms with Crippen LogP contribution in [0.2, 0.25) is 10.0 Å². The van der Waals surface area contributed by atoms with Crippen LogP contribution in [0.15, 0.2) is 89.1 Å². The molecule has 7 nitrogen and oxygen atoms in total. The number of amides is 1. The SMILES string of the molecule is CCOC(=O)C1NN=C(/C(=N/NC(=O)c2cccc(Cl)c2)c2ccccc2)C1c1ccc(Cl)cc1. The van der Waals surface area contributed by atoms with E-state index in [1.807, 2.05) is 42.5 Å². The number of hydrogen-bond donors (Lipinski definition) is 2. The van der Waals surface area contributed by atoms with E-state index in [4.69, 9.17) is 27.9 Å². The van der Waals surface area contributed by atoms with Crippen molar-refractivity contribution in [2.45, 2.75) is 18.9 Å². The average Bonchev–Trinajstić information content (AvgIpc) is 3.30. The van der Waals surface area contributed by atoms with Crippen LogP contribution in [0, 0.1) is 0 Å². The standard InChI is InChI=1S/C26H22Cl2N4O3/c1-2-35-26(34)24-21(16-11-13-19(27)14-12-16)23(30-31-24)22(17-7-4-3-5-8-17)29-32-25(33)18-9-6-10-20(28)15-18/h3-15,21,24,31H,2H2,1H3,(H,32,33)/b29-22+. The number of benzene rings is 3. The fourth-order valence-electron chi connectivity index (χ4n) is 3.75. The smallest absolute Gasteiger partial charge is 0.331 e. The molecule has 0 saturated carbocycles. The van der Waals surface area contributed by atoms with Gasteiger partial charge in [0.2, 0.25) is 0 Å². The number of nitrogens with zero attached hydrogens (tertiary/aromatic N) is 2. The monoisotopic (exact) mass is 508 g/mol. The van der Waals surface area contributed by atoms with Gasteiger partial charge in [-0.25, -0.2) is 10.2 Å². The molecular formula is C26H22Cl2N4O3. The summed E-state index contributed by atoms with van der Waals surface area (Å²) in [4.78, 5) is 25.6. The lowest BCUT2D eigenvalue weighted by Gasteiger charge is -2.21. The number of esters is 1. The van der Waals surface area contributed by atoms with Crippen molar-refractivity contribution in [3.63, 3.8) is 0 Å². The minimum Gasteiger partial charge on any atom is -0.464 e. The van der Waals surface area contributed by atoms with Gasteiger partial charge >= 0.3 is 5.97 Å². The first kappa shape index (κ1) is 24.4. The highest BCUT2D eigenvalue weighted by Crippen LogP contribution is 2.30. The van der Waals surface area contributed by atoms with Gasteiger partial charge in [-0.05, 0) is 42.8 Å². The van der Waals surface area contributed by atoms with Gasteiger partial charge in [-0.2, -0.15) is 10.2 Å². The van der Waals surface area contributed by atoms with E-state index < -0.39 is 23.8 Å². The topological polar surface area (TPSA) is 92.2 Å². The maximum Gasteiger partial charge on any atom is 0.331 e. The Labute approximate surface area is 212 Å². The lowest BCUT2D eigenvalue weighted by Crippen LogP contribution is -2.39. The molecule has 0 fully saturated rings. The molecule has 2 N–H and O–H groups in total. The molecule has 1 aliphatic rings. The molecule has 178 valence electrons. The van der Waals surface area contributed by atoms with Gasteiger partial charge in [0.1, 0.15) is 5.71 Å². The summed E-state index contributed by atoms with van der Waals surface area (Å²) in [5, 5.41) is 9.92. The van der Waals surface area contributed by atoms with Gasteiger partial charge < -0.3 is 4.74 Å². The molecule has 0 bridgehead atoms. The van der Waals surface area contributed by atoms with Crippen LogP contribution in [0.5, 0.6) is 0 Å². The van der Waals surface area contributed by atoms with Gasteiger partial charge in [0, 0.05) is 21.2 Å². The van der Waals surface area contributed by atoms with E-state index in [-0.39, 0.29) is 6.61 Å². The lowest BCUT2D eigenvalue weighted by molar-refractivity contribution is -0.145. The number of hydrazone groups is 2. The largest absolute Gasteiger partial charge is 0.464 e. The highest BCUT2D eigenvalue weighted by atomic mass is 35.5. The van der Waals surface area contributed by atoms with Crippen molar-refractivity contribution in [1.82, 2.24) is 10.9 Å². The predicted octanol–water partition coefficient (Wildman–Crippen LogP) is 4.80. The third-order valence-electron chi connectivity index (χ3n) is 5.37. The molecule has 0 aliphatic carbocycles. The first-order valence-corrected chi connectivity index (χ1v) is 11.7. The first-order chi connectivity index (χ1) is 17.0. The molecule has 3 aromatic rings. The van der Waals surface area contributed by atoms with E-state index >= 15 is 0 Å². The summed E-state index contributed by atoms with van der Waals surface area (Å²) in [5.41, 5.74) is 8.24. The van der Waals surface area contributed by atoms with Crippen LogP contribution in [0.25, 0.3) is 0 Å². The van der Waals surface area contributed by atoms with Gasteiger partial charge in [0.05, 0.1) is 18.2 Å². The zero-order chi connectivity index (χ0) is 24.8. The van der Waals surface area contributed by atoms with Crippen LogP contribution in [-0.2, 0) is 9.53 Å². The summed E-state index contributed by atoms with van der Waals surface area (Å²) in [6, 6.07) is 22.2. The number of carbonyl (C=O) groups is 2. The molecule has 2 atom stereocenters. The molecule has 9 heteroatoms. The maximum atomic E-state index is 12.8. The van der Waals surface area contributed by atoms with Crippen molar-refractivity contribution in [1.29, 1.82) is 0 Å². The summed E-state index contributed by atoms with van der Waals surface area (Å²) in [6.07, 6.45) is 0. The molecule has 1 heterocycles. The Hall–Kier alpha value is -3.68. The minimum absolute atomic E-state index is 0.231. The zero-order valence-electron chi connectivity index (χ0n) is 18.7. The van der Waals surface area contributed by atoms with Crippen LogP contribution >= 0.6 is 23.2 Å². The van der Waals surface area contributed by atoms with E-state index in [0.29, 0.717) is 32.6 Å². The third-order valence-corrected chi connectivity index (χ3v) is 5.85. The first-order valence-electron chi connectivity index (χ1n) is 10.9. The van der Waals surface area contributed by atoms with Crippen molar-refractivity contribution in [2.24, 2.45) is 10.2 Å². The Bertz CT molecular complexity index is 1280. The van der Waals surface area contributed by atoms with Crippen LogP contribution < -0.4 is 10.9 Å². The average molecular weight is 509 g/mol. The summed E-state index contributed by atoms with van der Waals surface area (Å²) in [7, 11) is 0. The molecule has 1 amide bonds. The number of nitrogens with one attached hydrogen (secondary N) is 2. The minimum atomic E-state index is -0.774. The van der Waals surface area contributed by atoms with Gasteiger partial charge in [-0.15, -0.1) is 0 Å². The van der Waals surface area contributed by atoms with Crippen LogP contribution in [-0.4, -0.2) is 35.9 Å². The molecule has 0 radical (unpaired) electrons. The van der Waals surface area contributed by atoms with Crippen molar-refractivity contribution >= 4 is 46.5 Å². The number of halogens is 2. The summed E-state index contributed by atoms with van der Waals surface area (Å²) >= 11 is 12.1. The van der Waals surface area contributed by atoms with E-state index in [1.54, 1.807) is 43.3 Å². The molecule has 0 aromatic heterocycles. The molecule has 35 heavy (non-hydrogen) atoms. The molecule has 0 spiro atoms. The molecule has 1 aliphatic heterocycles. The number of carbonyl (C=O) groups excluding carboxylic acids is 2. The summed E-state index contributed by atoms with van der Waals surface area (Å²) in [5.74, 6) is -1.41. The Morgan fingerprint density at radius 3 is 2.37 bits per heavy atom. The van der Waals surface area contributed by atoms with Crippen molar-refractivity contribution in [2.75, 3.05) is 6.61 Å². The second-order valence-electron chi connectivity index (χ2n) is 7.66. The highest BCUT2D eigenvalue weighted by molar-refractivity contribution is 6.51. The van der Waals surface area contributed by atoms with Crippen LogP contribution in [0.3, 0.4) is 0 Å². The van der Waals surface area contributed by atoms with Crippen LogP contribution in [0.1, 0.15) is 34.3 Å². The quantitative estimate of drug-likeness (QED) is 0.272. The molecule has 3 aromatic carbocycles.